The summed E-state index contributed by atoms with van der Waals surface area (Å²) < 4.78 is 67.2. The fourth-order valence-electron chi connectivity index (χ4n) is 2.97. The molecule has 3 aromatic heterocycles. The second kappa shape index (κ2) is 13.7. The second-order valence-electron chi connectivity index (χ2n) is 7.66. The third kappa shape index (κ3) is 9.74. The van der Waals surface area contributed by atoms with E-state index in [1.54, 1.807) is 12.4 Å². The number of benzene rings is 1. The van der Waals surface area contributed by atoms with Crippen LogP contribution in [0.15, 0.2) is 85.7 Å². The van der Waals surface area contributed by atoms with Crippen molar-refractivity contribution in [2.75, 3.05) is 6.54 Å². The highest BCUT2D eigenvalue weighted by Crippen LogP contribution is 2.13. The number of carbonyl (C=O) groups excluding carboxylic acids is 2. The first-order valence-corrected chi connectivity index (χ1v) is 11.0. The van der Waals surface area contributed by atoms with Crippen molar-refractivity contribution in [2.45, 2.75) is 18.8 Å². The number of imidazole rings is 1. The maximum Gasteiger partial charge on any atom is 0.490 e. The largest absolute Gasteiger partial charge is 0.542 e. The third-order valence-electron chi connectivity index (χ3n) is 4.78. The number of alkyl halides is 6. The first-order chi connectivity index (χ1) is 18.7. The average molecular weight is 570 g/mol. The van der Waals surface area contributed by atoms with E-state index in [-0.39, 0.29) is 5.91 Å². The van der Waals surface area contributed by atoms with E-state index in [0.29, 0.717) is 12.1 Å². The van der Waals surface area contributed by atoms with E-state index in [2.05, 4.69) is 22.4 Å². The number of halogens is 6. The Kier molecular flexibility index (Phi) is 10.7. The molecule has 0 aliphatic carbocycles. The van der Waals surface area contributed by atoms with E-state index in [4.69, 9.17) is 19.8 Å². The Bertz CT molecular complexity index is 1380. The van der Waals surface area contributed by atoms with E-state index in [0.717, 1.165) is 17.6 Å². The predicted octanol–water partition coefficient (Wildman–Crippen LogP) is 2.52. The summed E-state index contributed by atoms with van der Waals surface area (Å²) in [6.07, 6.45) is -0.243. The molecule has 0 aliphatic rings. The number of pyridine rings is 2. The summed E-state index contributed by atoms with van der Waals surface area (Å²) in [6.45, 7) is 0.583. The minimum atomic E-state index is -5.19. The maximum atomic E-state index is 12.7. The summed E-state index contributed by atoms with van der Waals surface area (Å²) in [6, 6.07) is 18.0. The lowest BCUT2D eigenvalue weighted by Gasteiger charge is -2.07. The molecule has 3 heterocycles. The van der Waals surface area contributed by atoms with Gasteiger partial charge >= 0.3 is 18.3 Å². The molecule has 40 heavy (non-hydrogen) atoms. The van der Waals surface area contributed by atoms with Gasteiger partial charge in [0.15, 0.2) is 5.52 Å². The number of aromatic nitrogens is 3. The molecule has 0 unspecified atom stereocenters. The summed E-state index contributed by atoms with van der Waals surface area (Å²) in [5, 5.41) is 18.9. The Balaban J connectivity index is 0.000000333. The number of aliphatic carboxylic acids is 2. The van der Waals surface area contributed by atoms with E-state index in [1.165, 1.54) is 5.56 Å². The van der Waals surface area contributed by atoms with Crippen LogP contribution in [0.25, 0.3) is 11.2 Å². The zero-order chi connectivity index (χ0) is 29.9. The number of hydrogen-bond donors (Lipinski definition) is 2. The zero-order valence-electron chi connectivity index (χ0n) is 20.2. The molecule has 0 atom stereocenters. The monoisotopic (exact) mass is 570 g/mol. The average Bonchev–Trinajstić information content (AvgIpc) is 3.33. The number of hydrogen-bond acceptors (Lipinski definition) is 5. The van der Waals surface area contributed by atoms with Gasteiger partial charge in [0.25, 0.3) is 12.2 Å². The van der Waals surface area contributed by atoms with Gasteiger partial charge in [-0.25, -0.2) is 13.8 Å². The molecule has 0 aliphatic heterocycles. The van der Waals surface area contributed by atoms with E-state index < -0.39 is 24.3 Å². The molecule has 0 radical (unpaired) electrons. The molecule has 1 amide bonds. The van der Waals surface area contributed by atoms with Crippen LogP contribution in [-0.4, -0.2) is 51.2 Å². The van der Waals surface area contributed by atoms with E-state index >= 15 is 0 Å². The maximum absolute atomic E-state index is 12.7. The Morgan fingerprint density at radius 2 is 1.55 bits per heavy atom. The van der Waals surface area contributed by atoms with Crippen molar-refractivity contribution >= 4 is 23.4 Å². The first kappa shape index (κ1) is 31.3. The van der Waals surface area contributed by atoms with Gasteiger partial charge in [-0.05, 0) is 24.1 Å². The number of carbonyl (C=O) groups is 3. The molecule has 2 N–H and O–H groups in total. The standard InChI is InChI=1S/C21H18N4O.2C2HF3O2/c26-21(23-12-9-17-6-2-1-3-7-17)19-14-22-11-10-20(19)25-15-18-8-4-5-13-24(18)16-25;2*3-2(4,5)1(6)7/h1-8,10-11,13-16H,9,12H2;2*(H,6,7). The quantitative estimate of drug-likeness (QED) is 0.281. The number of fused-ring (bicyclic) bond motifs is 1. The van der Waals surface area contributed by atoms with Gasteiger partial charge < -0.3 is 20.3 Å². The summed E-state index contributed by atoms with van der Waals surface area (Å²) in [4.78, 5) is 34.5. The lowest BCUT2D eigenvalue weighted by molar-refractivity contribution is -0.594. The lowest BCUT2D eigenvalue weighted by Crippen LogP contribution is -2.37. The Labute approximate surface area is 221 Å². The second-order valence-corrected chi connectivity index (χ2v) is 7.66. The molecule has 4 aromatic rings. The summed E-state index contributed by atoms with van der Waals surface area (Å²) in [5.74, 6) is -5.88. The SMILES string of the molecule is O=C(NCCc1ccccc1)c1cnccc1-[n+]1cc2ccccn2c1.O=C(O)C(F)(F)F.O=C([O-])C(F)(F)F. The highest BCUT2D eigenvalue weighted by atomic mass is 19.4. The van der Waals surface area contributed by atoms with Gasteiger partial charge in [0.2, 0.25) is 0 Å². The molecule has 1 aromatic carbocycles. The van der Waals surface area contributed by atoms with Gasteiger partial charge in [0.1, 0.15) is 23.4 Å². The van der Waals surface area contributed by atoms with Gasteiger partial charge in [-0.2, -0.15) is 26.3 Å². The minimum absolute atomic E-state index is 0.119. The van der Waals surface area contributed by atoms with Gasteiger partial charge in [0.05, 0.1) is 6.20 Å². The van der Waals surface area contributed by atoms with Crippen LogP contribution in [0.2, 0.25) is 0 Å². The van der Waals surface area contributed by atoms with Crippen molar-refractivity contribution < 1.29 is 55.5 Å². The number of rotatable bonds is 5. The number of amides is 1. The third-order valence-corrected chi connectivity index (χ3v) is 4.78. The molecule has 212 valence electrons. The van der Waals surface area contributed by atoms with Crippen LogP contribution in [-0.2, 0) is 16.0 Å². The first-order valence-electron chi connectivity index (χ1n) is 11.0. The van der Waals surface area contributed by atoms with Crippen LogP contribution in [0, 0.1) is 0 Å². The van der Waals surface area contributed by atoms with E-state index in [9.17, 15) is 31.1 Å². The molecule has 0 fully saturated rings. The fourth-order valence-corrected chi connectivity index (χ4v) is 2.97. The molecule has 15 heteroatoms. The van der Waals surface area contributed by atoms with Crippen LogP contribution in [0.5, 0.6) is 0 Å². The van der Waals surface area contributed by atoms with Crippen molar-refractivity contribution in [3.8, 4) is 5.69 Å². The molecule has 0 saturated heterocycles. The predicted molar refractivity (Wildman–Crippen MR) is 124 cm³/mol. The number of nitrogens with zero attached hydrogens (tertiary/aromatic N) is 3. The normalized spacial score (nSPS) is 10.9. The van der Waals surface area contributed by atoms with Crippen LogP contribution in [0.4, 0.5) is 26.3 Å². The Hall–Kier alpha value is -4.95. The van der Waals surface area contributed by atoms with Gasteiger partial charge in [-0.15, -0.1) is 0 Å². The highest BCUT2D eigenvalue weighted by Gasteiger charge is 2.38. The van der Waals surface area contributed by atoms with E-state index in [1.807, 2.05) is 70.2 Å². The fraction of sp³-hybridized carbons (Fsp3) is 0.160. The molecule has 0 bridgehead atoms. The molecule has 9 nitrogen and oxygen atoms in total. The van der Waals surface area contributed by atoms with Crippen LogP contribution in [0.1, 0.15) is 15.9 Å². The summed E-state index contributed by atoms with van der Waals surface area (Å²) in [7, 11) is 0. The van der Waals surface area contributed by atoms with Crippen molar-refractivity contribution in [3.05, 3.63) is 96.8 Å². The van der Waals surface area contributed by atoms with Crippen LogP contribution in [0.3, 0.4) is 0 Å². The van der Waals surface area contributed by atoms with Crippen molar-refractivity contribution in [1.29, 1.82) is 0 Å². The molecular weight excluding hydrogens is 550 g/mol. The summed E-state index contributed by atoms with van der Waals surface area (Å²) in [5.41, 5.74) is 3.62. The number of nitrogens with one attached hydrogen (secondary N) is 1. The zero-order valence-corrected chi connectivity index (χ0v) is 20.2. The summed E-state index contributed by atoms with van der Waals surface area (Å²) >= 11 is 0. The van der Waals surface area contributed by atoms with Crippen molar-refractivity contribution in [3.63, 3.8) is 0 Å². The van der Waals surface area contributed by atoms with Crippen molar-refractivity contribution in [2.24, 2.45) is 0 Å². The highest BCUT2D eigenvalue weighted by molar-refractivity contribution is 5.96. The molecule has 0 saturated carbocycles. The topological polar surface area (TPSA) is 128 Å². The van der Waals surface area contributed by atoms with Crippen molar-refractivity contribution in [1.82, 2.24) is 14.7 Å². The number of carboxylic acids is 2. The molecule has 4 rings (SSSR count). The smallest absolute Gasteiger partial charge is 0.490 e. The van der Waals surface area contributed by atoms with Crippen LogP contribution >= 0.6 is 0 Å². The Morgan fingerprint density at radius 1 is 0.950 bits per heavy atom. The van der Waals surface area contributed by atoms with Gasteiger partial charge in [-0.3, -0.25) is 9.78 Å². The Morgan fingerprint density at radius 3 is 2.10 bits per heavy atom. The van der Waals surface area contributed by atoms with Gasteiger partial charge in [0, 0.05) is 25.0 Å². The molecular formula is C25H20F6N4O5. The number of carboxylic acid groups (broad SMARTS) is 2. The van der Waals surface area contributed by atoms with Crippen LogP contribution < -0.4 is 15.0 Å². The minimum Gasteiger partial charge on any atom is -0.542 e. The lowest BCUT2D eigenvalue weighted by atomic mass is 10.1. The van der Waals surface area contributed by atoms with Gasteiger partial charge in [-0.1, -0.05) is 36.4 Å². The molecule has 0 spiro atoms.